The van der Waals surface area contributed by atoms with E-state index in [1.54, 1.807) is 30.3 Å². The second kappa shape index (κ2) is 5.83. The van der Waals surface area contributed by atoms with E-state index in [0.717, 1.165) is 5.56 Å². The van der Waals surface area contributed by atoms with Gasteiger partial charge in [0.05, 0.1) is 6.61 Å². The molecule has 0 aliphatic heterocycles. The van der Waals surface area contributed by atoms with Crippen molar-refractivity contribution in [2.24, 2.45) is 0 Å². The first kappa shape index (κ1) is 12.8. The highest BCUT2D eigenvalue weighted by Gasteiger charge is 2.22. The molecule has 0 aromatic heterocycles. The van der Waals surface area contributed by atoms with Gasteiger partial charge >= 0.3 is 7.82 Å². The van der Waals surface area contributed by atoms with E-state index >= 15 is 0 Å². The van der Waals surface area contributed by atoms with Crippen LogP contribution in [0.3, 0.4) is 0 Å². The van der Waals surface area contributed by atoms with Crippen LogP contribution in [-0.4, -0.2) is 4.89 Å². The summed E-state index contributed by atoms with van der Waals surface area (Å²) in [6, 6.07) is 17.5. The Morgan fingerprint density at radius 3 is 2.11 bits per heavy atom. The van der Waals surface area contributed by atoms with Gasteiger partial charge in [0.15, 0.2) is 0 Å². The Hall–Kier alpha value is -1.61. The molecular formula is C13H13O4P. The number of benzene rings is 2. The van der Waals surface area contributed by atoms with Gasteiger partial charge in [0.25, 0.3) is 0 Å². The maximum atomic E-state index is 11.7. The number of phosphoric ester groups is 1. The molecule has 0 spiro atoms. The quantitative estimate of drug-likeness (QED) is 0.841. The topological polar surface area (TPSA) is 55.8 Å². The molecule has 0 bridgehead atoms. The molecule has 0 aliphatic rings. The molecule has 0 fully saturated rings. The molecule has 1 unspecified atom stereocenters. The van der Waals surface area contributed by atoms with Crippen LogP contribution in [0.1, 0.15) is 5.56 Å². The van der Waals surface area contributed by atoms with Crippen LogP contribution in [0.15, 0.2) is 60.7 Å². The minimum absolute atomic E-state index is 0.0292. The SMILES string of the molecule is O=P(O)(OCc1ccccc1)Oc1ccccc1. The summed E-state index contributed by atoms with van der Waals surface area (Å²) in [6.07, 6.45) is 0. The van der Waals surface area contributed by atoms with E-state index in [4.69, 9.17) is 9.05 Å². The molecule has 2 aromatic carbocycles. The highest BCUT2D eigenvalue weighted by molar-refractivity contribution is 7.47. The fourth-order valence-electron chi connectivity index (χ4n) is 1.37. The van der Waals surface area contributed by atoms with Gasteiger partial charge in [-0.05, 0) is 17.7 Å². The smallest absolute Gasteiger partial charge is 0.404 e. The molecular weight excluding hydrogens is 251 g/mol. The van der Waals surface area contributed by atoms with Crippen LogP contribution in [-0.2, 0) is 15.7 Å². The zero-order valence-electron chi connectivity index (χ0n) is 9.60. The predicted octanol–water partition coefficient (Wildman–Crippen LogP) is 3.38. The molecule has 2 aromatic rings. The molecule has 0 radical (unpaired) electrons. The molecule has 5 heteroatoms. The molecule has 1 atom stereocenters. The molecule has 0 heterocycles. The maximum Gasteiger partial charge on any atom is 0.527 e. The van der Waals surface area contributed by atoms with E-state index in [9.17, 15) is 9.46 Å². The molecule has 4 nitrogen and oxygen atoms in total. The van der Waals surface area contributed by atoms with Crippen LogP contribution >= 0.6 is 7.82 Å². The van der Waals surface area contributed by atoms with E-state index in [1.165, 1.54) is 0 Å². The minimum atomic E-state index is -4.08. The van der Waals surface area contributed by atoms with Crippen molar-refractivity contribution in [1.82, 2.24) is 0 Å². The third kappa shape index (κ3) is 4.00. The van der Waals surface area contributed by atoms with E-state index in [0.29, 0.717) is 5.75 Å². The maximum absolute atomic E-state index is 11.7. The Morgan fingerprint density at radius 1 is 0.944 bits per heavy atom. The lowest BCUT2D eigenvalue weighted by atomic mass is 10.2. The number of hydrogen-bond donors (Lipinski definition) is 1. The van der Waals surface area contributed by atoms with Gasteiger partial charge in [-0.25, -0.2) is 4.57 Å². The van der Waals surface area contributed by atoms with Gasteiger partial charge in [0.2, 0.25) is 0 Å². The summed E-state index contributed by atoms with van der Waals surface area (Å²) in [4.78, 5) is 9.54. The highest BCUT2D eigenvalue weighted by Crippen LogP contribution is 2.44. The average Bonchev–Trinajstić information content (AvgIpc) is 2.38. The molecule has 2 rings (SSSR count). The fourth-order valence-corrected chi connectivity index (χ4v) is 2.12. The normalized spacial score (nSPS) is 13.8. The summed E-state index contributed by atoms with van der Waals surface area (Å²) in [5.41, 5.74) is 0.809. The van der Waals surface area contributed by atoms with Crippen molar-refractivity contribution >= 4 is 7.82 Å². The minimum Gasteiger partial charge on any atom is -0.404 e. The zero-order valence-corrected chi connectivity index (χ0v) is 10.5. The van der Waals surface area contributed by atoms with Crippen LogP contribution in [0.2, 0.25) is 0 Å². The van der Waals surface area contributed by atoms with Gasteiger partial charge < -0.3 is 4.52 Å². The number of para-hydroxylation sites is 1. The molecule has 0 aliphatic carbocycles. The van der Waals surface area contributed by atoms with Crippen molar-refractivity contribution in [3.05, 3.63) is 66.2 Å². The third-order valence-electron chi connectivity index (χ3n) is 2.20. The van der Waals surface area contributed by atoms with Crippen LogP contribution in [0, 0.1) is 0 Å². The Morgan fingerprint density at radius 2 is 1.50 bits per heavy atom. The largest absolute Gasteiger partial charge is 0.527 e. The Balaban J connectivity index is 1.94. The Bertz CT molecular complexity index is 527. The second-order valence-corrected chi connectivity index (χ2v) is 5.01. The van der Waals surface area contributed by atoms with Crippen LogP contribution < -0.4 is 4.52 Å². The van der Waals surface area contributed by atoms with E-state index in [2.05, 4.69) is 0 Å². The second-order valence-electron chi connectivity index (χ2n) is 3.63. The monoisotopic (exact) mass is 264 g/mol. The van der Waals surface area contributed by atoms with Crippen molar-refractivity contribution in [2.45, 2.75) is 6.61 Å². The third-order valence-corrected chi connectivity index (χ3v) is 3.10. The zero-order chi connectivity index (χ0) is 12.8. The van der Waals surface area contributed by atoms with E-state index in [-0.39, 0.29) is 6.61 Å². The lowest BCUT2D eigenvalue weighted by Gasteiger charge is -2.12. The van der Waals surface area contributed by atoms with Gasteiger partial charge in [-0.1, -0.05) is 48.5 Å². The lowest BCUT2D eigenvalue weighted by molar-refractivity contribution is 0.195. The van der Waals surface area contributed by atoms with Gasteiger partial charge in [0, 0.05) is 0 Å². The first-order valence-electron chi connectivity index (χ1n) is 5.42. The molecule has 18 heavy (non-hydrogen) atoms. The van der Waals surface area contributed by atoms with Crippen molar-refractivity contribution in [1.29, 1.82) is 0 Å². The first-order valence-corrected chi connectivity index (χ1v) is 6.91. The number of rotatable bonds is 5. The number of phosphoric acid groups is 1. The fraction of sp³-hybridized carbons (Fsp3) is 0.0769. The van der Waals surface area contributed by atoms with Gasteiger partial charge in [-0.2, -0.15) is 0 Å². The van der Waals surface area contributed by atoms with Crippen molar-refractivity contribution < 1.29 is 18.5 Å². The predicted molar refractivity (Wildman–Crippen MR) is 68.1 cm³/mol. The lowest BCUT2D eigenvalue weighted by Crippen LogP contribution is -1.97. The van der Waals surface area contributed by atoms with Crippen LogP contribution in [0.25, 0.3) is 0 Å². The van der Waals surface area contributed by atoms with Crippen LogP contribution in [0.4, 0.5) is 0 Å². The van der Waals surface area contributed by atoms with Gasteiger partial charge in [-0.15, -0.1) is 0 Å². The van der Waals surface area contributed by atoms with Crippen molar-refractivity contribution in [3.8, 4) is 5.75 Å². The molecule has 0 amide bonds. The van der Waals surface area contributed by atoms with Crippen LogP contribution in [0.5, 0.6) is 5.75 Å². The average molecular weight is 264 g/mol. The summed E-state index contributed by atoms with van der Waals surface area (Å²) in [5, 5.41) is 0. The molecule has 0 saturated heterocycles. The molecule has 94 valence electrons. The number of hydrogen-bond acceptors (Lipinski definition) is 3. The Kier molecular flexibility index (Phi) is 4.15. The highest BCUT2D eigenvalue weighted by atomic mass is 31.2. The van der Waals surface area contributed by atoms with Crippen molar-refractivity contribution in [2.75, 3.05) is 0 Å². The first-order chi connectivity index (χ1) is 8.66. The molecule has 1 N–H and O–H groups in total. The van der Waals surface area contributed by atoms with E-state index in [1.807, 2.05) is 30.3 Å². The summed E-state index contributed by atoms with van der Waals surface area (Å²) in [6.45, 7) is 0.0292. The summed E-state index contributed by atoms with van der Waals surface area (Å²) in [5.74, 6) is 0.302. The summed E-state index contributed by atoms with van der Waals surface area (Å²) in [7, 11) is -4.08. The van der Waals surface area contributed by atoms with Gasteiger partial charge in [-0.3, -0.25) is 9.42 Å². The summed E-state index contributed by atoms with van der Waals surface area (Å²) < 4.78 is 21.5. The van der Waals surface area contributed by atoms with E-state index < -0.39 is 7.82 Å². The standard InChI is InChI=1S/C13H13O4P/c14-18(15,17-13-9-5-2-6-10-13)16-11-12-7-3-1-4-8-12/h1-10H,11H2,(H,14,15). The summed E-state index contributed by atoms with van der Waals surface area (Å²) >= 11 is 0. The van der Waals surface area contributed by atoms with Crippen molar-refractivity contribution in [3.63, 3.8) is 0 Å². The molecule has 0 saturated carbocycles. The van der Waals surface area contributed by atoms with Gasteiger partial charge in [0.1, 0.15) is 5.75 Å². The Labute approximate surface area is 105 Å².